The number of rotatable bonds is 3. The van der Waals surface area contributed by atoms with Crippen LogP contribution < -0.4 is 5.73 Å². The second-order valence-corrected chi connectivity index (χ2v) is 6.18. The van der Waals surface area contributed by atoms with E-state index in [1.54, 1.807) is 0 Å². The van der Waals surface area contributed by atoms with Gasteiger partial charge in [0.1, 0.15) is 0 Å². The fourth-order valence-electron chi connectivity index (χ4n) is 2.75. The summed E-state index contributed by atoms with van der Waals surface area (Å²) in [5.74, 6) is 0. The van der Waals surface area contributed by atoms with Crippen molar-refractivity contribution in [1.29, 1.82) is 0 Å². The summed E-state index contributed by atoms with van der Waals surface area (Å²) >= 11 is 0. The standard InChI is InChI=1S/C16H25N/c1-4-15(2,3)13-7-9-14(10-8-13)16(17)11-5-6-12-16/h7-10H,4-6,11-12,17H2,1-3H3. The lowest BCUT2D eigenvalue weighted by atomic mass is 9.80. The zero-order valence-electron chi connectivity index (χ0n) is 11.4. The number of hydrogen-bond acceptors (Lipinski definition) is 1. The average Bonchev–Trinajstić information content (AvgIpc) is 2.78. The summed E-state index contributed by atoms with van der Waals surface area (Å²) in [6.45, 7) is 6.85. The van der Waals surface area contributed by atoms with Gasteiger partial charge in [0.25, 0.3) is 0 Å². The van der Waals surface area contributed by atoms with Crippen LogP contribution in [0.1, 0.15) is 64.0 Å². The van der Waals surface area contributed by atoms with Crippen LogP contribution in [0.4, 0.5) is 0 Å². The van der Waals surface area contributed by atoms with Gasteiger partial charge in [0.2, 0.25) is 0 Å². The molecule has 1 aliphatic rings. The summed E-state index contributed by atoms with van der Waals surface area (Å²) < 4.78 is 0. The van der Waals surface area contributed by atoms with Gasteiger partial charge in [-0.25, -0.2) is 0 Å². The highest BCUT2D eigenvalue weighted by atomic mass is 14.8. The monoisotopic (exact) mass is 231 g/mol. The topological polar surface area (TPSA) is 26.0 Å². The predicted octanol–water partition coefficient (Wildman–Crippen LogP) is 4.10. The third kappa shape index (κ3) is 2.40. The largest absolute Gasteiger partial charge is 0.321 e. The van der Waals surface area contributed by atoms with Gasteiger partial charge in [0.15, 0.2) is 0 Å². The maximum atomic E-state index is 6.47. The highest BCUT2D eigenvalue weighted by Crippen LogP contribution is 2.37. The van der Waals surface area contributed by atoms with Crippen LogP contribution in [0.3, 0.4) is 0 Å². The van der Waals surface area contributed by atoms with Crippen LogP contribution in [0, 0.1) is 0 Å². The van der Waals surface area contributed by atoms with Crippen molar-refractivity contribution in [3.63, 3.8) is 0 Å². The summed E-state index contributed by atoms with van der Waals surface area (Å²) in [6.07, 6.45) is 6.00. The zero-order chi connectivity index (χ0) is 12.5. The van der Waals surface area contributed by atoms with Crippen molar-refractivity contribution in [2.75, 3.05) is 0 Å². The molecule has 0 heterocycles. The Kier molecular flexibility index (Phi) is 3.31. The molecule has 17 heavy (non-hydrogen) atoms. The van der Waals surface area contributed by atoms with E-state index < -0.39 is 0 Å². The van der Waals surface area contributed by atoms with E-state index in [1.807, 2.05) is 0 Å². The molecule has 0 aromatic heterocycles. The molecule has 0 radical (unpaired) electrons. The molecule has 1 saturated carbocycles. The number of nitrogens with two attached hydrogens (primary N) is 1. The molecule has 0 unspecified atom stereocenters. The Bertz CT molecular complexity index is 369. The Labute approximate surface area is 105 Å². The van der Waals surface area contributed by atoms with Gasteiger partial charge in [-0.2, -0.15) is 0 Å². The Morgan fingerprint density at radius 3 is 2.12 bits per heavy atom. The van der Waals surface area contributed by atoms with Crippen LogP contribution in [-0.4, -0.2) is 0 Å². The molecule has 0 spiro atoms. The molecule has 1 aliphatic carbocycles. The van der Waals surface area contributed by atoms with E-state index in [2.05, 4.69) is 45.0 Å². The summed E-state index contributed by atoms with van der Waals surface area (Å²) in [5, 5.41) is 0. The van der Waals surface area contributed by atoms with Crippen molar-refractivity contribution in [3.05, 3.63) is 35.4 Å². The lowest BCUT2D eigenvalue weighted by Gasteiger charge is -2.27. The van der Waals surface area contributed by atoms with Crippen LogP contribution in [0.25, 0.3) is 0 Å². The number of benzene rings is 1. The first-order valence-corrected chi connectivity index (χ1v) is 6.88. The second-order valence-electron chi connectivity index (χ2n) is 6.18. The molecule has 1 aromatic carbocycles. The molecule has 0 saturated heterocycles. The summed E-state index contributed by atoms with van der Waals surface area (Å²) in [5.41, 5.74) is 9.45. The Hall–Kier alpha value is -0.820. The van der Waals surface area contributed by atoms with Crippen LogP contribution in [-0.2, 0) is 11.0 Å². The quantitative estimate of drug-likeness (QED) is 0.832. The van der Waals surface area contributed by atoms with Crippen LogP contribution in [0.15, 0.2) is 24.3 Å². The highest BCUT2D eigenvalue weighted by Gasteiger charge is 2.31. The lowest BCUT2D eigenvalue weighted by Crippen LogP contribution is -2.33. The van der Waals surface area contributed by atoms with Gasteiger partial charge in [0.05, 0.1) is 0 Å². The van der Waals surface area contributed by atoms with Gasteiger partial charge in [-0.05, 0) is 35.8 Å². The summed E-state index contributed by atoms with van der Waals surface area (Å²) in [6, 6.07) is 9.04. The molecule has 0 amide bonds. The summed E-state index contributed by atoms with van der Waals surface area (Å²) in [7, 11) is 0. The minimum Gasteiger partial charge on any atom is -0.321 e. The molecule has 1 heteroatoms. The van der Waals surface area contributed by atoms with E-state index in [0.29, 0.717) is 0 Å². The van der Waals surface area contributed by atoms with Crippen molar-refractivity contribution in [1.82, 2.24) is 0 Å². The maximum absolute atomic E-state index is 6.47. The molecule has 0 bridgehead atoms. The molecular weight excluding hydrogens is 206 g/mol. The van der Waals surface area contributed by atoms with Crippen molar-refractivity contribution in [3.8, 4) is 0 Å². The smallest absolute Gasteiger partial charge is 0.0409 e. The molecule has 0 atom stereocenters. The third-order valence-electron chi connectivity index (χ3n) is 4.62. The normalized spacial score (nSPS) is 19.5. The second kappa shape index (κ2) is 4.45. The van der Waals surface area contributed by atoms with E-state index in [-0.39, 0.29) is 11.0 Å². The Morgan fingerprint density at radius 2 is 1.65 bits per heavy atom. The van der Waals surface area contributed by atoms with Crippen LogP contribution in [0.2, 0.25) is 0 Å². The Balaban J connectivity index is 2.24. The number of hydrogen-bond donors (Lipinski definition) is 1. The van der Waals surface area contributed by atoms with E-state index >= 15 is 0 Å². The van der Waals surface area contributed by atoms with Gasteiger partial charge in [0, 0.05) is 5.54 Å². The molecule has 2 rings (SSSR count). The van der Waals surface area contributed by atoms with Gasteiger partial charge in [-0.15, -0.1) is 0 Å². The van der Waals surface area contributed by atoms with Crippen molar-refractivity contribution in [2.45, 2.75) is 63.8 Å². The molecule has 1 fully saturated rings. The van der Waals surface area contributed by atoms with E-state index in [9.17, 15) is 0 Å². The minimum atomic E-state index is -0.0467. The molecule has 1 aromatic rings. The van der Waals surface area contributed by atoms with Gasteiger partial charge in [-0.3, -0.25) is 0 Å². The molecule has 2 N–H and O–H groups in total. The molecule has 94 valence electrons. The van der Waals surface area contributed by atoms with E-state index in [0.717, 1.165) is 12.8 Å². The first-order valence-electron chi connectivity index (χ1n) is 6.88. The highest BCUT2D eigenvalue weighted by molar-refractivity contribution is 5.32. The molecule has 1 nitrogen and oxygen atoms in total. The summed E-state index contributed by atoms with van der Waals surface area (Å²) in [4.78, 5) is 0. The fraction of sp³-hybridized carbons (Fsp3) is 0.625. The van der Waals surface area contributed by atoms with Crippen LogP contribution >= 0.6 is 0 Å². The molecular formula is C16H25N. The first-order chi connectivity index (χ1) is 7.98. The average molecular weight is 231 g/mol. The fourth-order valence-corrected chi connectivity index (χ4v) is 2.75. The van der Waals surface area contributed by atoms with Crippen molar-refractivity contribution < 1.29 is 0 Å². The first kappa shape index (κ1) is 12.6. The van der Waals surface area contributed by atoms with Gasteiger partial charge in [-0.1, -0.05) is 57.9 Å². The zero-order valence-corrected chi connectivity index (χ0v) is 11.4. The minimum absolute atomic E-state index is 0.0467. The van der Waals surface area contributed by atoms with Crippen LogP contribution in [0.5, 0.6) is 0 Å². The van der Waals surface area contributed by atoms with E-state index in [4.69, 9.17) is 5.73 Å². The maximum Gasteiger partial charge on any atom is 0.0409 e. The van der Waals surface area contributed by atoms with Gasteiger partial charge >= 0.3 is 0 Å². The molecule has 0 aliphatic heterocycles. The van der Waals surface area contributed by atoms with Gasteiger partial charge < -0.3 is 5.73 Å². The Morgan fingerprint density at radius 1 is 1.12 bits per heavy atom. The third-order valence-corrected chi connectivity index (χ3v) is 4.62. The SMILES string of the molecule is CCC(C)(C)c1ccc(C2(N)CCCC2)cc1. The van der Waals surface area contributed by atoms with Crippen molar-refractivity contribution >= 4 is 0 Å². The lowest BCUT2D eigenvalue weighted by molar-refractivity contribution is 0.460. The van der Waals surface area contributed by atoms with Crippen molar-refractivity contribution in [2.24, 2.45) is 5.73 Å². The van der Waals surface area contributed by atoms with E-state index in [1.165, 1.54) is 30.4 Å². The predicted molar refractivity (Wildman–Crippen MR) is 74.1 cm³/mol.